The van der Waals surface area contributed by atoms with E-state index in [1.54, 1.807) is 0 Å². The van der Waals surface area contributed by atoms with Crippen LogP contribution in [-0.2, 0) is 0 Å². The lowest BCUT2D eigenvalue weighted by molar-refractivity contribution is 0.218. The number of rotatable bonds is 4. The molecule has 2 N–H and O–H groups in total. The summed E-state index contributed by atoms with van der Waals surface area (Å²) < 4.78 is 0. The van der Waals surface area contributed by atoms with Gasteiger partial charge in [0.25, 0.3) is 0 Å². The van der Waals surface area contributed by atoms with Gasteiger partial charge in [-0.25, -0.2) is 4.79 Å². The van der Waals surface area contributed by atoms with E-state index < -0.39 is 0 Å². The van der Waals surface area contributed by atoms with E-state index in [0.29, 0.717) is 6.04 Å². The van der Waals surface area contributed by atoms with Crippen molar-refractivity contribution in [3.8, 4) is 0 Å². The second kappa shape index (κ2) is 4.84. The molecule has 1 saturated carbocycles. The topological polar surface area (TPSA) is 44.4 Å². The highest BCUT2D eigenvalue weighted by atomic mass is 16.2. The van der Waals surface area contributed by atoms with E-state index in [4.69, 9.17) is 0 Å². The molecule has 0 spiro atoms. The van der Waals surface area contributed by atoms with Crippen molar-refractivity contribution in [3.63, 3.8) is 0 Å². The lowest BCUT2D eigenvalue weighted by atomic mass is 9.99. The first-order valence-corrected chi connectivity index (χ1v) is 6.01. The molecule has 2 aliphatic rings. The monoisotopic (exact) mass is 211 g/mol. The minimum Gasteiger partial charge on any atom is -0.333 e. The Morgan fingerprint density at radius 1 is 1.47 bits per heavy atom. The Bertz CT molecular complexity index is 226. The Kier molecular flexibility index (Phi) is 3.46. The van der Waals surface area contributed by atoms with Crippen molar-refractivity contribution < 1.29 is 4.79 Å². The zero-order chi connectivity index (χ0) is 10.7. The Morgan fingerprint density at radius 2 is 2.20 bits per heavy atom. The van der Waals surface area contributed by atoms with Gasteiger partial charge in [-0.05, 0) is 25.8 Å². The summed E-state index contributed by atoms with van der Waals surface area (Å²) in [7, 11) is 1.92. The van der Waals surface area contributed by atoms with Crippen LogP contribution >= 0.6 is 0 Å². The molecule has 1 saturated heterocycles. The lowest BCUT2D eigenvalue weighted by Gasteiger charge is -2.17. The number of likely N-dealkylation sites (N-methyl/N-ethyl adjacent to an activating group) is 1. The SMILES string of the molecule is CNCCN1CC(C2CCCC2)NC1=O. The van der Waals surface area contributed by atoms with Crippen molar-refractivity contribution >= 4 is 6.03 Å². The summed E-state index contributed by atoms with van der Waals surface area (Å²) in [6.45, 7) is 2.61. The summed E-state index contributed by atoms with van der Waals surface area (Å²) in [5, 5.41) is 6.19. The highest BCUT2D eigenvalue weighted by molar-refractivity contribution is 5.76. The van der Waals surface area contributed by atoms with Crippen molar-refractivity contribution in [2.24, 2.45) is 5.92 Å². The van der Waals surface area contributed by atoms with E-state index >= 15 is 0 Å². The van der Waals surface area contributed by atoms with E-state index in [1.807, 2.05) is 11.9 Å². The number of urea groups is 1. The summed E-state index contributed by atoms with van der Waals surface area (Å²) in [6, 6.07) is 0.541. The minimum atomic E-state index is 0.127. The summed E-state index contributed by atoms with van der Waals surface area (Å²) >= 11 is 0. The Morgan fingerprint density at radius 3 is 2.87 bits per heavy atom. The molecular weight excluding hydrogens is 190 g/mol. The molecule has 1 atom stereocenters. The second-order valence-corrected chi connectivity index (χ2v) is 4.65. The van der Waals surface area contributed by atoms with Gasteiger partial charge >= 0.3 is 6.03 Å². The third kappa shape index (κ3) is 2.43. The Labute approximate surface area is 91.4 Å². The number of carbonyl (C=O) groups excluding carboxylic acids is 1. The average Bonchev–Trinajstić information content (AvgIpc) is 2.83. The number of amides is 2. The van der Waals surface area contributed by atoms with Gasteiger partial charge in [-0.3, -0.25) is 0 Å². The van der Waals surface area contributed by atoms with Crippen LogP contribution in [0.5, 0.6) is 0 Å². The van der Waals surface area contributed by atoms with Gasteiger partial charge in [0.15, 0.2) is 0 Å². The van der Waals surface area contributed by atoms with E-state index in [-0.39, 0.29) is 6.03 Å². The maximum absolute atomic E-state index is 11.6. The van der Waals surface area contributed by atoms with Crippen LogP contribution in [0.25, 0.3) is 0 Å². The fourth-order valence-corrected chi connectivity index (χ4v) is 2.68. The van der Waals surface area contributed by atoms with Gasteiger partial charge in [-0.15, -0.1) is 0 Å². The third-order valence-corrected chi connectivity index (χ3v) is 3.61. The zero-order valence-corrected chi connectivity index (χ0v) is 9.46. The van der Waals surface area contributed by atoms with Crippen LogP contribution in [0.3, 0.4) is 0 Å². The maximum Gasteiger partial charge on any atom is 0.317 e. The van der Waals surface area contributed by atoms with E-state index in [9.17, 15) is 4.79 Å². The molecule has 4 nitrogen and oxygen atoms in total. The zero-order valence-electron chi connectivity index (χ0n) is 9.46. The molecule has 0 aromatic heterocycles. The Balaban J connectivity index is 1.82. The molecule has 0 aromatic carbocycles. The summed E-state index contributed by atoms with van der Waals surface area (Å²) in [6.07, 6.45) is 5.27. The van der Waals surface area contributed by atoms with Crippen molar-refractivity contribution in [1.29, 1.82) is 0 Å². The predicted octanol–water partition coefficient (Wildman–Crippen LogP) is 0.790. The van der Waals surface area contributed by atoms with E-state index in [0.717, 1.165) is 25.6 Å². The van der Waals surface area contributed by atoms with Crippen molar-refractivity contribution in [1.82, 2.24) is 15.5 Å². The van der Waals surface area contributed by atoms with Crippen LogP contribution in [0.4, 0.5) is 4.79 Å². The average molecular weight is 211 g/mol. The van der Waals surface area contributed by atoms with Crippen molar-refractivity contribution in [3.05, 3.63) is 0 Å². The number of hydrogen-bond donors (Lipinski definition) is 2. The van der Waals surface area contributed by atoms with E-state index in [1.165, 1.54) is 25.7 Å². The van der Waals surface area contributed by atoms with Gasteiger partial charge in [-0.1, -0.05) is 12.8 Å². The summed E-state index contributed by atoms with van der Waals surface area (Å²) in [5.74, 6) is 0.730. The Hall–Kier alpha value is -0.770. The molecule has 86 valence electrons. The lowest BCUT2D eigenvalue weighted by Crippen LogP contribution is -2.33. The molecule has 15 heavy (non-hydrogen) atoms. The third-order valence-electron chi connectivity index (χ3n) is 3.61. The normalized spacial score (nSPS) is 27.4. The molecular formula is C11H21N3O. The smallest absolute Gasteiger partial charge is 0.317 e. The fourth-order valence-electron chi connectivity index (χ4n) is 2.68. The molecule has 0 bridgehead atoms. The maximum atomic E-state index is 11.6. The van der Waals surface area contributed by atoms with Gasteiger partial charge in [0.05, 0.1) is 6.04 Å². The first-order valence-electron chi connectivity index (χ1n) is 6.01. The highest BCUT2D eigenvalue weighted by Crippen LogP contribution is 2.29. The second-order valence-electron chi connectivity index (χ2n) is 4.65. The van der Waals surface area contributed by atoms with Gasteiger partial charge in [0.1, 0.15) is 0 Å². The largest absolute Gasteiger partial charge is 0.333 e. The number of carbonyl (C=O) groups is 1. The van der Waals surface area contributed by atoms with Crippen LogP contribution in [0, 0.1) is 5.92 Å². The van der Waals surface area contributed by atoms with Gasteiger partial charge in [0.2, 0.25) is 0 Å². The standard InChI is InChI=1S/C11H21N3O/c1-12-6-7-14-8-10(13-11(14)15)9-4-2-3-5-9/h9-10,12H,2-8H2,1H3,(H,13,15). The number of nitrogens with zero attached hydrogens (tertiary/aromatic N) is 1. The summed E-state index contributed by atoms with van der Waals surface area (Å²) in [5.41, 5.74) is 0. The summed E-state index contributed by atoms with van der Waals surface area (Å²) in [4.78, 5) is 13.6. The molecule has 0 aromatic rings. The molecule has 1 aliphatic carbocycles. The van der Waals surface area contributed by atoms with Crippen LogP contribution in [0.2, 0.25) is 0 Å². The molecule has 2 rings (SSSR count). The predicted molar refractivity (Wildman–Crippen MR) is 59.8 cm³/mol. The van der Waals surface area contributed by atoms with Crippen LogP contribution in [0.1, 0.15) is 25.7 Å². The number of nitrogens with one attached hydrogen (secondary N) is 2. The van der Waals surface area contributed by atoms with Gasteiger partial charge in [-0.2, -0.15) is 0 Å². The first kappa shape index (κ1) is 10.7. The van der Waals surface area contributed by atoms with E-state index in [2.05, 4.69) is 10.6 Å². The van der Waals surface area contributed by atoms with Crippen LogP contribution in [0.15, 0.2) is 0 Å². The first-order chi connectivity index (χ1) is 7.31. The fraction of sp³-hybridized carbons (Fsp3) is 0.909. The van der Waals surface area contributed by atoms with Crippen LogP contribution in [-0.4, -0.2) is 43.7 Å². The molecule has 0 radical (unpaired) electrons. The molecule has 2 fully saturated rings. The molecule has 1 aliphatic heterocycles. The molecule has 2 amide bonds. The minimum absolute atomic E-state index is 0.127. The number of hydrogen-bond acceptors (Lipinski definition) is 2. The quantitative estimate of drug-likeness (QED) is 0.722. The highest BCUT2D eigenvalue weighted by Gasteiger charge is 2.34. The van der Waals surface area contributed by atoms with Gasteiger partial charge < -0.3 is 15.5 Å². The van der Waals surface area contributed by atoms with Crippen molar-refractivity contribution in [2.45, 2.75) is 31.7 Å². The molecule has 4 heteroatoms. The van der Waals surface area contributed by atoms with Crippen LogP contribution < -0.4 is 10.6 Å². The van der Waals surface area contributed by atoms with Gasteiger partial charge in [0, 0.05) is 19.6 Å². The molecule has 1 unspecified atom stereocenters. The molecule has 1 heterocycles. The van der Waals surface area contributed by atoms with Crippen molar-refractivity contribution in [2.75, 3.05) is 26.7 Å².